The minimum atomic E-state index is 0.242. The Morgan fingerprint density at radius 2 is 1.80 bits per heavy atom. The van der Waals surface area contributed by atoms with Crippen LogP contribution in [-0.2, 0) is 18.5 Å². The van der Waals surface area contributed by atoms with Gasteiger partial charge < -0.3 is 5.32 Å². The summed E-state index contributed by atoms with van der Waals surface area (Å²) in [7, 11) is 0. The van der Waals surface area contributed by atoms with Crippen molar-refractivity contribution in [1.82, 2.24) is 5.32 Å². The third kappa shape index (κ3) is 1.81. The largest absolute Gasteiger partial charge is 0.303 e. The van der Waals surface area contributed by atoms with Crippen molar-refractivity contribution < 1.29 is 0 Å². The highest BCUT2D eigenvalue weighted by molar-refractivity contribution is 5.41. The van der Waals surface area contributed by atoms with Gasteiger partial charge in [-0.15, -0.1) is 0 Å². The Morgan fingerprint density at radius 3 is 2.70 bits per heavy atom. The molecule has 2 aromatic carbocycles. The first kappa shape index (κ1) is 12.2. The summed E-state index contributed by atoms with van der Waals surface area (Å²) in [5.41, 5.74) is 4.76. The molecule has 1 heteroatoms. The van der Waals surface area contributed by atoms with E-state index in [4.69, 9.17) is 0 Å². The fourth-order valence-corrected chi connectivity index (χ4v) is 4.29. The van der Waals surface area contributed by atoms with Gasteiger partial charge in [-0.2, -0.15) is 0 Å². The Labute approximate surface area is 121 Å². The van der Waals surface area contributed by atoms with Gasteiger partial charge in [-0.1, -0.05) is 61.0 Å². The number of nitrogens with one attached hydrogen (secondary N) is 1. The number of hydrogen-bond donors (Lipinski definition) is 1. The molecule has 0 heterocycles. The van der Waals surface area contributed by atoms with Gasteiger partial charge in [0.05, 0.1) is 0 Å². The first-order chi connectivity index (χ1) is 9.88. The van der Waals surface area contributed by atoms with Crippen LogP contribution in [0.25, 0.3) is 0 Å². The molecule has 1 saturated carbocycles. The summed E-state index contributed by atoms with van der Waals surface area (Å²) in [6.45, 7) is 0.978. The van der Waals surface area contributed by atoms with Crippen molar-refractivity contribution in [3.05, 3.63) is 71.3 Å². The first-order valence-electron chi connectivity index (χ1n) is 7.76. The van der Waals surface area contributed by atoms with Crippen LogP contribution in [0.4, 0.5) is 0 Å². The van der Waals surface area contributed by atoms with E-state index in [0.717, 1.165) is 12.5 Å². The highest BCUT2D eigenvalue weighted by atomic mass is 15.0. The van der Waals surface area contributed by atoms with Crippen LogP contribution in [0.5, 0.6) is 0 Å². The lowest BCUT2D eigenvalue weighted by molar-refractivity contribution is 0.268. The first-order valence-corrected chi connectivity index (χ1v) is 7.76. The number of benzene rings is 2. The smallest absolute Gasteiger partial charge is 0.0471 e. The monoisotopic (exact) mass is 263 g/mol. The van der Waals surface area contributed by atoms with Crippen molar-refractivity contribution >= 4 is 0 Å². The summed E-state index contributed by atoms with van der Waals surface area (Å²) in [6, 6.07) is 19.8. The molecule has 0 bridgehead atoms. The van der Waals surface area contributed by atoms with Gasteiger partial charge in [-0.05, 0) is 41.9 Å². The van der Waals surface area contributed by atoms with E-state index in [9.17, 15) is 0 Å². The minimum absolute atomic E-state index is 0.242. The van der Waals surface area contributed by atoms with E-state index >= 15 is 0 Å². The summed E-state index contributed by atoms with van der Waals surface area (Å²) in [5, 5.41) is 3.93. The van der Waals surface area contributed by atoms with Crippen molar-refractivity contribution in [2.24, 2.45) is 5.92 Å². The molecule has 0 radical (unpaired) electrons. The predicted octanol–water partition coefficient (Wildman–Crippen LogP) is 4.03. The molecule has 2 atom stereocenters. The molecule has 1 nitrogen and oxygen atoms in total. The van der Waals surface area contributed by atoms with E-state index in [1.807, 2.05) is 0 Å². The van der Waals surface area contributed by atoms with E-state index < -0.39 is 0 Å². The number of fused-ring (bicyclic) bond motifs is 3. The summed E-state index contributed by atoms with van der Waals surface area (Å²) < 4.78 is 0. The predicted molar refractivity (Wildman–Crippen MR) is 82.4 cm³/mol. The molecule has 2 aromatic rings. The second-order valence-electron chi connectivity index (χ2n) is 6.26. The minimum Gasteiger partial charge on any atom is -0.303 e. The molecule has 20 heavy (non-hydrogen) atoms. The molecule has 2 aliphatic rings. The van der Waals surface area contributed by atoms with Crippen LogP contribution in [0.2, 0.25) is 0 Å². The lowest BCUT2D eigenvalue weighted by Gasteiger charge is -2.32. The molecule has 0 spiro atoms. The molecule has 4 rings (SSSR count). The maximum absolute atomic E-state index is 3.93. The van der Waals surface area contributed by atoms with Crippen LogP contribution in [-0.4, -0.2) is 0 Å². The fourth-order valence-electron chi connectivity index (χ4n) is 4.29. The van der Waals surface area contributed by atoms with Crippen LogP contribution in [0.3, 0.4) is 0 Å². The van der Waals surface area contributed by atoms with Gasteiger partial charge in [0.15, 0.2) is 0 Å². The highest BCUT2D eigenvalue weighted by Gasteiger charge is 2.48. The topological polar surface area (TPSA) is 12.0 Å². The molecular formula is C19H21N. The Kier molecular flexibility index (Phi) is 2.89. The average Bonchev–Trinajstić information content (AvgIpc) is 3.02. The third-order valence-corrected chi connectivity index (χ3v) is 5.24. The highest BCUT2D eigenvalue weighted by Crippen LogP contribution is 2.51. The Balaban J connectivity index is 1.64. The maximum Gasteiger partial charge on any atom is 0.0471 e. The Hall–Kier alpha value is -1.60. The molecule has 0 aliphatic heterocycles. The molecule has 0 aromatic heterocycles. The Morgan fingerprint density at radius 1 is 1.00 bits per heavy atom. The third-order valence-electron chi connectivity index (χ3n) is 5.24. The normalized spacial score (nSPS) is 27.3. The molecule has 0 saturated heterocycles. The molecule has 0 amide bonds. The molecule has 2 aliphatic carbocycles. The van der Waals surface area contributed by atoms with Gasteiger partial charge in [0.25, 0.3) is 0 Å². The van der Waals surface area contributed by atoms with Gasteiger partial charge >= 0.3 is 0 Å². The standard InChI is InChI=1S/C19H21N/c1-2-7-15(8-3-1)14-20-19-12-6-10-17(19)13-16-9-4-5-11-18(16)19/h1-5,7-9,11,17,20H,6,10,12-14H2/t17-,19+/m1/s1. The quantitative estimate of drug-likeness (QED) is 0.881. The summed E-state index contributed by atoms with van der Waals surface area (Å²) in [6.07, 6.45) is 5.29. The van der Waals surface area contributed by atoms with Gasteiger partial charge in [0.1, 0.15) is 0 Å². The van der Waals surface area contributed by atoms with Gasteiger partial charge in [0.2, 0.25) is 0 Å². The van der Waals surface area contributed by atoms with E-state index in [1.54, 1.807) is 11.1 Å². The van der Waals surface area contributed by atoms with Crippen LogP contribution in [0, 0.1) is 5.92 Å². The van der Waals surface area contributed by atoms with E-state index in [0.29, 0.717) is 0 Å². The average molecular weight is 263 g/mol. The van der Waals surface area contributed by atoms with Crippen molar-refractivity contribution in [2.45, 2.75) is 37.8 Å². The van der Waals surface area contributed by atoms with Crippen LogP contribution >= 0.6 is 0 Å². The van der Waals surface area contributed by atoms with Gasteiger partial charge in [0, 0.05) is 12.1 Å². The summed E-state index contributed by atoms with van der Waals surface area (Å²) in [4.78, 5) is 0. The number of hydrogen-bond acceptors (Lipinski definition) is 1. The Bertz CT molecular complexity index is 604. The zero-order chi connectivity index (χ0) is 13.4. The van der Waals surface area contributed by atoms with E-state index in [1.165, 1.54) is 31.2 Å². The zero-order valence-corrected chi connectivity index (χ0v) is 11.8. The molecule has 0 unspecified atom stereocenters. The maximum atomic E-state index is 3.93. The SMILES string of the molecule is c1ccc(CN[C@@]23CCC[C@@H]2Cc2ccccc23)cc1. The van der Waals surface area contributed by atoms with E-state index in [2.05, 4.69) is 59.9 Å². The lowest BCUT2D eigenvalue weighted by atomic mass is 9.86. The van der Waals surface area contributed by atoms with Crippen LogP contribution < -0.4 is 5.32 Å². The van der Waals surface area contributed by atoms with Crippen LogP contribution in [0.15, 0.2) is 54.6 Å². The second kappa shape index (κ2) is 4.75. The van der Waals surface area contributed by atoms with Crippen LogP contribution in [0.1, 0.15) is 36.0 Å². The molecule has 1 fully saturated rings. The van der Waals surface area contributed by atoms with E-state index in [-0.39, 0.29) is 5.54 Å². The van der Waals surface area contributed by atoms with Gasteiger partial charge in [-0.3, -0.25) is 0 Å². The van der Waals surface area contributed by atoms with Crippen molar-refractivity contribution in [1.29, 1.82) is 0 Å². The molecule has 102 valence electrons. The lowest BCUT2D eigenvalue weighted by Crippen LogP contribution is -2.42. The zero-order valence-electron chi connectivity index (χ0n) is 11.8. The summed E-state index contributed by atoms with van der Waals surface area (Å²) in [5.74, 6) is 0.795. The van der Waals surface area contributed by atoms with Crippen molar-refractivity contribution in [3.8, 4) is 0 Å². The number of rotatable bonds is 3. The van der Waals surface area contributed by atoms with Gasteiger partial charge in [-0.25, -0.2) is 0 Å². The van der Waals surface area contributed by atoms with Crippen molar-refractivity contribution in [3.63, 3.8) is 0 Å². The summed E-state index contributed by atoms with van der Waals surface area (Å²) >= 11 is 0. The molecule has 1 N–H and O–H groups in total. The molecular weight excluding hydrogens is 242 g/mol. The second-order valence-corrected chi connectivity index (χ2v) is 6.26. The van der Waals surface area contributed by atoms with Crippen molar-refractivity contribution in [2.75, 3.05) is 0 Å². The fraction of sp³-hybridized carbons (Fsp3) is 0.368.